The third kappa shape index (κ3) is 4.51. The molecule has 1 aromatic carbocycles. The molecule has 0 aromatic heterocycles. The fraction of sp³-hybridized carbons (Fsp3) is 0.375. The van der Waals surface area contributed by atoms with E-state index in [9.17, 15) is 9.59 Å². The minimum atomic E-state index is -0.377. The second kappa shape index (κ2) is 7.49. The van der Waals surface area contributed by atoms with E-state index < -0.39 is 0 Å². The minimum Gasteiger partial charge on any atom is -0.482 e. The van der Waals surface area contributed by atoms with Gasteiger partial charge in [-0.25, -0.2) is 4.79 Å². The summed E-state index contributed by atoms with van der Waals surface area (Å²) in [6.45, 7) is 4.84. The lowest BCUT2D eigenvalue weighted by molar-refractivity contribution is -0.145. The smallest absolute Gasteiger partial charge is 0.344 e. The van der Waals surface area contributed by atoms with Gasteiger partial charge in [-0.05, 0) is 24.6 Å². The van der Waals surface area contributed by atoms with Crippen LogP contribution in [0.15, 0.2) is 36.7 Å². The molecule has 0 radical (unpaired) electrons. The number of hydrogen-bond donors (Lipinski definition) is 0. The van der Waals surface area contributed by atoms with Crippen molar-refractivity contribution in [3.8, 4) is 5.75 Å². The summed E-state index contributed by atoms with van der Waals surface area (Å²) in [6.07, 6.45) is 3.67. The molecule has 22 heavy (non-hydrogen) atoms. The van der Waals surface area contributed by atoms with Crippen molar-refractivity contribution in [2.24, 2.45) is 0 Å². The number of rotatable bonds is 6. The van der Waals surface area contributed by atoms with Crippen LogP contribution in [0.1, 0.15) is 19.4 Å². The van der Waals surface area contributed by atoms with Gasteiger partial charge in [0.1, 0.15) is 5.75 Å². The predicted octanol–water partition coefficient (Wildman–Crippen LogP) is 1.72. The molecule has 0 spiro atoms. The molecule has 1 aromatic rings. The zero-order valence-corrected chi connectivity index (χ0v) is 12.8. The third-order valence-corrected chi connectivity index (χ3v) is 3.17. The van der Waals surface area contributed by atoms with Gasteiger partial charge in [0.15, 0.2) is 6.61 Å². The van der Waals surface area contributed by atoms with E-state index in [1.165, 1.54) is 0 Å². The van der Waals surface area contributed by atoms with E-state index in [0.29, 0.717) is 25.6 Å². The molecule has 0 saturated heterocycles. The van der Waals surface area contributed by atoms with Gasteiger partial charge in [0.25, 0.3) is 0 Å². The normalized spacial score (nSPS) is 13.4. The molecule has 0 unspecified atom stereocenters. The summed E-state index contributed by atoms with van der Waals surface area (Å²) in [5, 5.41) is 0. The molecule has 2 rings (SSSR count). The van der Waals surface area contributed by atoms with Gasteiger partial charge in [0.2, 0.25) is 5.91 Å². The second-order valence-electron chi connectivity index (χ2n) is 4.91. The molecule has 1 amide bonds. The van der Waals surface area contributed by atoms with Crippen molar-refractivity contribution in [2.75, 3.05) is 19.9 Å². The van der Waals surface area contributed by atoms with E-state index in [4.69, 9.17) is 9.47 Å². The number of hydrogen-bond acceptors (Lipinski definition) is 5. The first-order valence-electron chi connectivity index (χ1n) is 7.15. The molecule has 0 saturated carbocycles. The Labute approximate surface area is 129 Å². The number of nitrogens with zero attached hydrogens (tertiary/aromatic N) is 2. The summed E-state index contributed by atoms with van der Waals surface area (Å²) >= 11 is 0. The van der Waals surface area contributed by atoms with Gasteiger partial charge in [-0.3, -0.25) is 9.69 Å². The summed E-state index contributed by atoms with van der Waals surface area (Å²) in [7, 11) is 0. The molecular formula is C16H20N2O4. The van der Waals surface area contributed by atoms with E-state index in [-0.39, 0.29) is 18.5 Å². The maximum absolute atomic E-state index is 11.3. The molecule has 1 aliphatic heterocycles. The van der Waals surface area contributed by atoms with Gasteiger partial charge in [0, 0.05) is 25.9 Å². The maximum Gasteiger partial charge on any atom is 0.344 e. The van der Waals surface area contributed by atoms with Crippen molar-refractivity contribution in [3.05, 3.63) is 42.2 Å². The molecule has 0 aliphatic carbocycles. The Hall–Kier alpha value is -2.50. The number of carbonyl (C=O) groups is 2. The van der Waals surface area contributed by atoms with Crippen molar-refractivity contribution in [3.63, 3.8) is 0 Å². The lowest BCUT2D eigenvalue weighted by Gasteiger charge is -2.19. The Balaban J connectivity index is 1.81. The van der Waals surface area contributed by atoms with Crippen LogP contribution in [0.2, 0.25) is 0 Å². The van der Waals surface area contributed by atoms with Crippen molar-refractivity contribution >= 4 is 11.9 Å². The Kier molecular flexibility index (Phi) is 5.41. The molecule has 0 fully saturated rings. The van der Waals surface area contributed by atoms with E-state index in [1.807, 2.05) is 35.4 Å². The topological polar surface area (TPSA) is 59.1 Å². The molecular weight excluding hydrogens is 284 g/mol. The Morgan fingerprint density at radius 2 is 1.91 bits per heavy atom. The van der Waals surface area contributed by atoms with E-state index in [0.717, 1.165) is 5.56 Å². The van der Waals surface area contributed by atoms with E-state index in [1.54, 1.807) is 24.9 Å². The van der Waals surface area contributed by atoms with Crippen LogP contribution in [0.25, 0.3) is 0 Å². The molecule has 0 N–H and O–H groups in total. The number of carbonyl (C=O) groups excluding carboxylic acids is 2. The number of benzene rings is 1. The zero-order valence-electron chi connectivity index (χ0n) is 12.8. The van der Waals surface area contributed by atoms with E-state index >= 15 is 0 Å². The van der Waals surface area contributed by atoms with Crippen molar-refractivity contribution in [1.82, 2.24) is 9.80 Å². The molecule has 6 nitrogen and oxygen atoms in total. The molecule has 1 aliphatic rings. The SMILES string of the molecule is CCOC(=O)COc1ccc(CN2C=CN(C(C)=O)C2)cc1. The highest BCUT2D eigenvalue weighted by Crippen LogP contribution is 2.16. The van der Waals surface area contributed by atoms with E-state index in [2.05, 4.69) is 0 Å². The standard InChI is InChI=1S/C16H20N2O4/c1-3-21-16(20)11-22-15-6-4-14(5-7-15)10-17-8-9-18(12-17)13(2)19/h4-9H,3,10-12H2,1-2H3. The first-order valence-corrected chi connectivity index (χ1v) is 7.15. The van der Waals surface area contributed by atoms with Crippen molar-refractivity contribution in [1.29, 1.82) is 0 Å². The van der Waals surface area contributed by atoms with Crippen LogP contribution in [0.5, 0.6) is 5.75 Å². The van der Waals surface area contributed by atoms with Gasteiger partial charge in [-0.15, -0.1) is 0 Å². The average Bonchev–Trinajstić information content (AvgIpc) is 2.96. The largest absolute Gasteiger partial charge is 0.482 e. The highest BCUT2D eigenvalue weighted by molar-refractivity contribution is 5.74. The fourth-order valence-electron chi connectivity index (χ4n) is 2.04. The van der Waals surface area contributed by atoms with Gasteiger partial charge in [-0.2, -0.15) is 0 Å². The summed E-state index contributed by atoms with van der Waals surface area (Å²) in [5.41, 5.74) is 1.10. The molecule has 1 heterocycles. The molecule has 6 heteroatoms. The molecule has 0 atom stereocenters. The summed E-state index contributed by atoms with van der Waals surface area (Å²) in [5.74, 6) is 0.277. The molecule has 118 valence electrons. The van der Waals surface area contributed by atoms with Crippen LogP contribution >= 0.6 is 0 Å². The van der Waals surface area contributed by atoms with Crippen molar-refractivity contribution in [2.45, 2.75) is 20.4 Å². The van der Waals surface area contributed by atoms with Gasteiger partial charge in [0.05, 0.1) is 13.3 Å². The van der Waals surface area contributed by atoms with Crippen LogP contribution in [-0.4, -0.2) is 41.6 Å². The van der Waals surface area contributed by atoms with Crippen LogP contribution in [0, 0.1) is 0 Å². The monoisotopic (exact) mass is 304 g/mol. The minimum absolute atomic E-state index is 0.0291. The van der Waals surface area contributed by atoms with Crippen LogP contribution in [0.4, 0.5) is 0 Å². The second-order valence-corrected chi connectivity index (χ2v) is 4.91. The van der Waals surface area contributed by atoms with Crippen molar-refractivity contribution < 1.29 is 19.1 Å². The maximum atomic E-state index is 11.3. The van der Waals surface area contributed by atoms with Crippen LogP contribution in [0.3, 0.4) is 0 Å². The summed E-state index contributed by atoms with van der Waals surface area (Å²) < 4.78 is 10.1. The Bertz CT molecular complexity index is 554. The van der Waals surface area contributed by atoms with Gasteiger partial charge in [-0.1, -0.05) is 12.1 Å². The quantitative estimate of drug-likeness (QED) is 0.749. The first-order chi connectivity index (χ1) is 10.6. The number of ether oxygens (including phenoxy) is 2. The zero-order chi connectivity index (χ0) is 15.9. The highest BCUT2D eigenvalue weighted by Gasteiger charge is 2.15. The predicted molar refractivity (Wildman–Crippen MR) is 80.6 cm³/mol. The van der Waals surface area contributed by atoms with Gasteiger partial charge >= 0.3 is 5.97 Å². The number of esters is 1. The van der Waals surface area contributed by atoms with Crippen LogP contribution in [-0.2, 0) is 20.9 Å². The Morgan fingerprint density at radius 1 is 1.18 bits per heavy atom. The summed E-state index contributed by atoms with van der Waals surface area (Å²) in [4.78, 5) is 26.1. The first kappa shape index (κ1) is 15.9. The Morgan fingerprint density at radius 3 is 2.50 bits per heavy atom. The summed E-state index contributed by atoms with van der Waals surface area (Å²) in [6, 6.07) is 7.50. The lowest BCUT2D eigenvalue weighted by atomic mass is 10.2. The number of amides is 1. The lowest BCUT2D eigenvalue weighted by Crippen LogP contribution is -2.28. The van der Waals surface area contributed by atoms with Crippen LogP contribution < -0.4 is 4.74 Å². The fourth-order valence-corrected chi connectivity index (χ4v) is 2.04. The highest BCUT2D eigenvalue weighted by atomic mass is 16.6. The third-order valence-electron chi connectivity index (χ3n) is 3.17. The molecule has 0 bridgehead atoms. The van der Waals surface area contributed by atoms with Gasteiger partial charge < -0.3 is 14.4 Å². The average molecular weight is 304 g/mol.